The highest BCUT2D eigenvalue weighted by atomic mass is 16.5. The van der Waals surface area contributed by atoms with E-state index in [0.717, 1.165) is 21.4 Å². The molecule has 25 heavy (non-hydrogen) atoms. The molecule has 126 valence electrons. The minimum Gasteiger partial charge on any atom is -0.488 e. The zero-order chi connectivity index (χ0) is 17.6. The molecular weight excluding hydrogens is 316 g/mol. The molecule has 0 spiro atoms. The molecule has 0 aromatic heterocycles. The predicted molar refractivity (Wildman–Crippen MR) is 98.0 cm³/mol. The largest absolute Gasteiger partial charge is 0.488 e. The summed E-state index contributed by atoms with van der Waals surface area (Å²) in [5, 5.41) is 15.2. The number of hydroxylamine groups is 2. The van der Waals surface area contributed by atoms with Gasteiger partial charge in [0.1, 0.15) is 18.1 Å². The third-order valence-corrected chi connectivity index (χ3v) is 3.79. The van der Waals surface area contributed by atoms with Crippen molar-refractivity contribution in [1.82, 2.24) is 5.06 Å². The Kier molecular flexibility index (Phi) is 5.06. The van der Waals surface area contributed by atoms with Gasteiger partial charge in [-0.3, -0.25) is 10.3 Å². The van der Waals surface area contributed by atoms with Crippen LogP contribution in [0.25, 0.3) is 16.5 Å². The fourth-order valence-corrected chi connectivity index (χ4v) is 2.68. The van der Waals surface area contributed by atoms with Gasteiger partial charge in [0.2, 0.25) is 0 Å². The first-order chi connectivity index (χ1) is 12.2. The molecule has 0 radical (unpaired) electrons. The number of rotatable bonds is 6. The zero-order valence-electron chi connectivity index (χ0n) is 13.8. The summed E-state index contributed by atoms with van der Waals surface area (Å²) >= 11 is 0. The molecule has 0 unspecified atom stereocenters. The van der Waals surface area contributed by atoms with E-state index in [1.165, 1.54) is 13.2 Å². The SMILES string of the molecule is CN(O)/C=C(\N=O)c1c(OCc2ccccc2)ccc2ccccc12. The summed E-state index contributed by atoms with van der Waals surface area (Å²) in [6, 6.07) is 21.2. The maximum atomic E-state index is 11.4. The van der Waals surface area contributed by atoms with E-state index >= 15 is 0 Å². The summed E-state index contributed by atoms with van der Waals surface area (Å²) in [5.74, 6) is 0.537. The second kappa shape index (κ2) is 7.59. The van der Waals surface area contributed by atoms with Gasteiger partial charge in [-0.25, -0.2) is 0 Å². The van der Waals surface area contributed by atoms with Crippen LogP contribution in [0.4, 0.5) is 0 Å². The number of hydrogen-bond acceptors (Lipinski definition) is 5. The lowest BCUT2D eigenvalue weighted by Gasteiger charge is -2.15. The van der Waals surface area contributed by atoms with Crippen LogP contribution in [0.15, 0.2) is 78.1 Å². The van der Waals surface area contributed by atoms with Crippen LogP contribution < -0.4 is 4.74 Å². The van der Waals surface area contributed by atoms with Crippen LogP contribution >= 0.6 is 0 Å². The maximum absolute atomic E-state index is 11.4. The number of benzene rings is 3. The molecule has 0 aliphatic carbocycles. The van der Waals surface area contributed by atoms with Crippen LogP contribution in [-0.4, -0.2) is 17.3 Å². The number of nitroso groups, excluding NO2 is 1. The van der Waals surface area contributed by atoms with Gasteiger partial charge in [-0.2, -0.15) is 0 Å². The first kappa shape index (κ1) is 16.7. The Hall–Kier alpha value is -3.18. The third-order valence-electron chi connectivity index (χ3n) is 3.79. The lowest BCUT2D eigenvalue weighted by molar-refractivity contribution is -0.0123. The van der Waals surface area contributed by atoms with E-state index in [-0.39, 0.29) is 5.70 Å². The fourth-order valence-electron chi connectivity index (χ4n) is 2.68. The predicted octanol–water partition coefficient (Wildman–Crippen LogP) is 4.80. The summed E-state index contributed by atoms with van der Waals surface area (Å²) in [4.78, 5) is 11.4. The Morgan fingerprint density at radius 1 is 1.08 bits per heavy atom. The van der Waals surface area contributed by atoms with Gasteiger partial charge in [0.25, 0.3) is 0 Å². The van der Waals surface area contributed by atoms with Crippen LogP contribution in [0.1, 0.15) is 11.1 Å². The van der Waals surface area contributed by atoms with E-state index in [4.69, 9.17) is 4.74 Å². The minimum atomic E-state index is 0.102. The smallest absolute Gasteiger partial charge is 0.137 e. The maximum Gasteiger partial charge on any atom is 0.137 e. The highest BCUT2D eigenvalue weighted by molar-refractivity contribution is 5.96. The van der Waals surface area contributed by atoms with Gasteiger partial charge in [-0.05, 0) is 27.6 Å². The van der Waals surface area contributed by atoms with Crippen molar-refractivity contribution in [2.24, 2.45) is 5.18 Å². The number of fused-ring (bicyclic) bond motifs is 1. The Morgan fingerprint density at radius 3 is 2.52 bits per heavy atom. The molecule has 0 bridgehead atoms. The highest BCUT2D eigenvalue weighted by Crippen LogP contribution is 2.35. The standard InChI is InChI=1S/C20H18N2O3/c1-22(24)13-18(21-23)20-17-10-6-5-9-16(17)11-12-19(20)25-14-15-7-3-2-4-8-15/h2-13,24H,14H2,1H3/b18-13-. The normalized spacial score (nSPS) is 11.4. The lowest BCUT2D eigenvalue weighted by Crippen LogP contribution is -2.04. The summed E-state index contributed by atoms with van der Waals surface area (Å²) in [6.07, 6.45) is 1.27. The second-order valence-corrected chi connectivity index (χ2v) is 5.61. The quantitative estimate of drug-likeness (QED) is 0.519. The molecule has 0 aliphatic rings. The molecule has 0 saturated carbocycles. The van der Waals surface area contributed by atoms with E-state index in [2.05, 4.69) is 5.18 Å². The molecule has 0 atom stereocenters. The molecule has 0 heterocycles. The van der Waals surface area contributed by atoms with E-state index in [1.54, 1.807) is 0 Å². The Balaban J connectivity index is 2.08. The average Bonchev–Trinajstić information content (AvgIpc) is 2.65. The molecule has 0 saturated heterocycles. The Bertz CT molecular complexity index is 905. The highest BCUT2D eigenvalue weighted by Gasteiger charge is 2.15. The summed E-state index contributed by atoms with van der Waals surface area (Å²) < 4.78 is 5.96. The fraction of sp³-hybridized carbons (Fsp3) is 0.100. The van der Waals surface area contributed by atoms with Crippen LogP contribution in [0.2, 0.25) is 0 Å². The molecule has 5 nitrogen and oxygen atoms in total. The van der Waals surface area contributed by atoms with Crippen molar-refractivity contribution in [3.63, 3.8) is 0 Å². The van der Waals surface area contributed by atoms with Crippen molar-refractivity contribution in [2.75, 3.05) is 7.05 Å². The van der Waals surface area contributed by atoms with Gasteiger partial charge in [-0.1, -0.05) is 60.7 Å². The summed E-state index contributed by atoms with van der Waals surface area (Å²) in [6.45, 7) is 0.368. The molecule has 0 fully saturated rings. The number of nitrogens with zero attached hydrogens (tertiary/aromatic N) is 2. The van der Waals surface area contributed by atoms with Crippen LogP contribution in [0, 0.1) is 4.91 Å². The van der Waals surface area contributed by atoms with Crippen molar-refractivity contribution < 1.29 is 9.94 Å². The van der Waals surface area contributed by atoms with Crippen molar-refractivity contribution >= 4 is 16.5 Å². The van der Waals surface area contributed by atoms with Crippen LogP contribution in [0.5, 0.6) is 5.75 Å². The van der Waals surface area contributed by atoms with Crippen molar-refractivity contribution in [3.05, 3.63) is 89.0 Å². The molecule has 3 rings (SSSR count). The van der Waals surface area contributed by atoms with Crippen LogP contribution in [0.3, 0.4) is 0 Å². The van der Waals surface area contributed by atoms with Gasteiger partial charge < -0.3 is 4.74 Å². The third kappa shape index (κ3) is 3.84. The van der Waals surface area contributed by atoms with E-state index in [0.29, 0.717) is 17.9 Å². The molecule has 3 aromatic carbocycles. The second-order valence-electron chi connectivity index (χ2n) is 5.61. The van der Waals surface area contributed by atoms with Crippen molar-refractivity contribution in [2.45, 2.75) is 6.61 Å². The topological polar surface area (TPSA) is 62.1 Å². The van der Waals surface area contributed by atoms with E-state index in [9.17, 15) is 10.1 Å². The first-order valence-corrected chi connectivity index (χ1v) is 7.85. The first-order valence-electron chi connectivity index (χ1n) is 7.85. The van der Waals surface area contributed by atoms with E-state index in [1.807, 2.05) is 66.7 Å². The zero-order valence-corrected chi connectivity index (χ0v) is 13.8. The van der Waals surface area contributed by atoms with Crippen LogP contribution in [-0.2, 0) is 6.61 Å². The average molecular weight is 334 g/mol. The molecule has 0 aliphatic heterocycles. The number of ether oxygens (including phenoxy) is 1. The van der Waals surface area contributed by atoms with Gasteiger partial charge in [-0.15, -0.1) is 4.91 Å². The van der Waals surface area contributed by atoms with Gasteiger partial charge in [0.05, 0.1) is 11.8 Å². The van der Waals surface area contributed by atoms with Gasteiger partial charge >= 0.3 is 0 Å². The Labute approximate surface area is 145 Å². The molecule has 0 amide bonds. The van der Waals surface area contributed by atoms with Crippen molar-refractivity contribution in [1.29, 1.82) is 0 Å². The van der Waals surface area contributed by atoms with E-state index < -0.39 is 0 Å². The molecular formula is C20H18N2O3. The van der Waals surface area contributed by atoms with Gasteiger partial charge in [0.15, 0.2) is 0 Å². The number of hydrogen-bond donors (Lipinski definition) is 1. The lowest BCUT2D eigenvalue weighted by atomic mass is 10.0. The van der Waals surface area contributed by atoms with Gasteiger partial charge in [0, 0.05) is 7.05 Å². The van der Waals surface area contributed by atoms with Crippen molar-refractivity contribution in [3.8, 4) is 5.75 Å². The molecule has 1 N–H and O–H groups in total. The minimum absolute atomic E-state index is 0.102. The summed E-state index contributed by atoms with van der Waals surface area (Å²) in [5.41, 5.74) is 1.68. The molecule has 5 heteroatoms. The monoisotopic (exact) mass is 334 g/mol. The summed E-state index contributed by atoms with van der Waals surface area (Å²) in [7, 11) is 1.42. The molecule has 3 aromatic rings. The Morgan fingerprint density at radius 2 is 1.80 bits per heavy atom.